The van der Waals surface area contributed by atoms with E-state index in [1.807, 2.05) is 0 Å². The van der Waals surface area contributed by atoms with Crippen molar-refractivity contribution in [2.24, 2.45) is 0 Å². The summed E-state index contributed by atoms with van der Waals surface area (Å²) in [4.78, 5) is 9.15. The first-order valence-electron chi connectivity index (χ1n) is 4.48. The zero-order valence-corrected chi connectivity index (χ0v) is 9.08. The summed E-state index contributed by atoms with van der Waals surface area (Å²) in [5.41, 5.74) is 2.73. The number of benzene rings is 1. The molecule has 0 aromatic heterocycles. The number of nitro groups is 1. The smallest absolute Gasteiger partial charge is 0.403 e. The van der Waals surface area contributed by atoms with Crippen molar-refractivity contribution in [2.75, 3.05) is 5.73 Å². The van der Waals surface area contributed by atoms with Gasteiger partial charge in [0.15, 0.2) is 5.75 Å². The van der Waals surface area contributed by atoms with Crippen molar-refractivity contribution in [2.45, 2.75) is 12.7 Å². The van der Waals surface area contributed by atoms with Gasteiger partial charge in [0.1, 0.15) is 0 Å². The van der Waals surface area contributed by atoms with Gasteiger partial charge < -0.3 is 15.2 Å². The summed E-state index contributed by atoms with van der Waals surface area (Å²) in [6, 6.07) is 0.302. The van der Waals surface area contributed by atoms with Gasteiger partial charge in [0.05, 0.1) is 16.7 Å². The summed E-state index contributed by atoms with van der Waals surface area (Å²) in [6.07, 6.45) is -10.5. The minimum absolute atomic E-state index is 0.0872. The summed E-state index contributed by atoms with van der Waals surface area (Å²) in [7, 11) is 0. The Kier molecular flexibility index (Phi) is 3.87. The van der Waals surface area contributed by atoms with Crippen LogP contribution in [0.2, 0.25) is 0 Å². The number of anilines is 1. The SMILES string of the molecule is Nc1cc(OC(F)(F)F)c([N+](=O)[O-])cc1OC(F)(F)F. The molecule has 20 heavy (non-hydrogen) atoms. The second kappa shape index (κ2) is 4.94. The molecule has 0 aliphatic heterocycles. The van der Waals surface area contributed by atoms with Crippen molar-refractivity contribution in [1.29, 1.82) is 0 Å². The maximum Gasteiger partial charge on any atom is 0.573 e. The van der Waals surface area contributed by atoms with Gasteiger partial charge in [-0.05, 0) is 0 Å². The van der Waals surface area contributed by atoms with Gasteiger partial charge in [-0.2, -0.15) is 0 Å². The van der Waals surface area contributed by atoms with Crippen molar-refractivity contribution in [3.8, 4) is 11.5 Å². The van der Waals surface area contributed by atoms with Crippen LogP contribution in [0.25, 0.3) is 0 Å². The molecule has 0 saturated heterocycles. The molecule has 0 saturated carbocycles. The van der Waals surface area contributed by atoms with Crippen molar-refractivity contribution in [3.63, 3.8) is 0 Å². The Hall–Kier alpha value is -2.40. The van der Waals surface area contributed by atoms with Gasteiger partial charge in [0.2, 0.25) is 5.75 Å². The highest BCUT2D eigenvalue weighted by Gasteiger charge is 2.37. The number of nitrogen functional groups attached to an aromatic ring is 1. The first kappa shape index (κ1) is 15.7. The third-order valence-electron chi connectivity index (χ3n) is 1.74. The van der Waals surface area contributed by atoms with Crippen LogP contribution < -0.4 is 15.2 Å². The standard InChI is InChI=1S/C8H4F6N2O4/c9-7(10,11)19-5-2-4(16(17)18)6(1-3(5)15)20-8(12,13)14/h1-2H,15H2. The Bertz CT molecular complexity index is 527. The molecular formula is C8H4F6N2O4. The number of nitrogens with zero attached hydrogens (tertiary/aromatic N) is 1. The molecule has 0 bridgehead atoms. The van der Waals surface area contributed by atoms with E-state index in [0.717, 1.165) is 0 Å². The molecular weight excluding hydrogens is 302 g/mol. The molecule has 2 N–H and O–H groups in total. The third-order valence-corrected chi connectivity index (χ3v) is 1.74. The Morgan fingerprint density at radius 2 is 1.45 bits per heavy atom. The zero-order chi connectivity index (χ0) is 15.7. The predicted octanol–water partition coefficient (Wildman–Crippen LogP) is 2.97. The predicted molar refractivity (Wildman–Crippen MR) is 50.9 cm³/mol. The molecule has 0 fully saturated rings. The highest BCUT2D eigenvalue weighted by atomic mass is 19.4. The van der Waals surface area contributed by atoms with Crippen LogP contribution in [0.3, 0.4) is 0 Å². The van der Waals surface area contributed by atoms with Crippen molar-refractivity contribution in [3.05, 3.63) is 22.2 Å². The van der Waals surface area contributed by atoms with Crippen LogP contribution in [-0.2, 0) is 0 Å². The normalized spacial score (nSPS) is 12.1. The van der Waals surface area contributed by atoms with E-state index < -0.39 is 40.5 Å². The lowest BCUT2D eigenvalue weighted by Crippen LogP contribution is -2.20. The number of nitro benzene ring substituents is 1. The van der Waals surface area contributed by atoms with Crippen LogP contribution in [0.15, 0.2) is 12.1 Å². The van der Waals surface area contributed by atoms with Gasteiger partial charge in [-0.25, -0.2) is 0 Å². The first-order valence-corrected chi connectivity index (χ1v) is 4.48. The van der Waals surface area contributed by atoms with Crippen molar-refractivity contribution in [1.82, 2.24) is 0 Å². The van der Waals surface area contributed by atoms with Crippen LogP contribution in [0.1, 0.15) is 0 Å². The number of nitrogens with two attached hydrogens (primary N) is 1. The number of ether oxygens (including phenoxy) is 2. The molecule has 0 atom stereocenters. The highest BCUT2D eigenvalue weighted by molar-refractivity contribution is 5.64. The van der Waals surface area contributed by atoms with Crippen molar-refractivity contribution >= 4 is 11.4 Å². The molecule has 112 valence electrons. The van der Waals surface area contributed by atoms with Crippen LogP contribution in [-0.4, -0.2) is 17.6 Å². The molecule has 6 nitrogen and oxygen atoms in total. The maximum absolute atomic E-state index is 12.0. The molecule has 1 aromatic carbocycles. The molecule has 0 heterocycles. The fourth-order valence-electron chi connectivity index (χ4n) is 1.13. The number of halogens is 6. The van der Waals surface area contributed by atoms with Gasteiger partial charge in [0, 0.05) is 6.07 Å². The number of rotatable bonds is 3. The first-order chi connectivity index (χ1) is 8.89. The zero-order valence-electron chi connectivity index (χ0n) is 9.08. The number of hydrogen-bond donors (Lipinski definition) is 1. The van der Waals surface area contributed by atoms with E-state index >= 15 is 0 Å². The van der Waals surface area contributed by atoms with Gasteiger partial charge >= 0.3 is 18.4 Å². The fourth-order valence-corrected chi connectivity index (χ4v) is 1.13. The molecule has 0 amide bonds. The van der Waals surface area contributed by atoms with E-state index in [-0.39, 0.29) is 12.1 Å². The Balaban J connectivity index is 3.29. The minimum atomic E-state index is -5.27. The summed E-state index contributed by atoms with van der Waals surface area (Å²) in [6.45, 7) is 0. The van der Waals surface area contributed by atoms with E-state index in [1.54, 1.807) is 0 Å². The average Bonchev–Trinajstić information content (AvgIpc) is 2.17. The van der Waals surface area contributed by atoms with Crippen LogP contribution in [0, 0.1) is 10.1 Å². The van der Waals surface area contributed by atoms with Gasteiger partial charge in [0.25, 0.3) is 0 Å². The molecule has 0 unspecified atom stereocenters. The van der Waals surface area contributed by atoms with Crippen LogP contribution >= 0.6 is 0 Å². The van der Waals surface area contributed by atoms with E-state index in [1.165, 1.54) is 0 Å². The second-order valence-corrected chi connectivity index (χ2v) is 3.21. The summed E-state index contributed by atoms with van der Waals surface area (Å²) in [5.74, 6) is -2.56. The number of alkyl halides is 6. The molecule has 12 heteroatoms. The second-order valence-electron chi connectivity index (χ2n) is 3.21. The lowest BCUT2D eigenvalue weighted by Gasteiger charge is -2.13. The fraction of sp³-hybridized carbons (Fsp3) is 0.250. The minimum Gasteiger partial charge on any atom is -0.403 e. The van der Waals surface area contributed by atoms with E-state index in [4.69, 9.17) is 5.73 Å². The highest BCUT2D eigenvalue weighted by Crippen LogP contribution is 2.40. The van der Waals surface area contributed by atoms with E-state index in [0.29, 0.717) is 0 Å². The molecule has 0 aliphatic carbocycles. The maximum atomic E-state index is 12.0. The average molecular weight is 306 g/mol. The van der Waals surface area contributed by atoms with Crippen LogP contribution in [0.4, 0.5) is 37.7 Å². The van der Waals surface area contributed by atoms with Gasteiger partial charge in [-0.1, -0.05) is 0 Å². The van der Waals surface area contributed by atoms with Crippen molar-refractivity contribution < 1.29 is 40.7 Å². The number of hydrogen-bond acceptors (Lipinski definition) is 5. The molecule has 0 spiro atoms. The monoisotopic (exact) mass is 306 g/mol. The van der Waals surface area contributed by atoms with E-state index in [2.05, 4.69) is 9.47 Å². The largest absolute Gasteiger partial charge is 0.573 e. The van der Waals surface area contributed by atoms with E-state index in [9.17, 15) is 36.5 Å². The summed E-state index contributed by atoms with van der Waals surface area (Å²) < 4.78 is 78.5. The van der Waals surface area contributed by atoms with Gasteiger partial charge in [-0.15, -0.1) is 26.3 Å². The molecule has 0 radical (unpaired) electrons. The molecule has 1 aromatic rings. The molecule has 0 aliphatic rings. The Morgan fingerprint density at radius 1 is 1.00 bits per heavy atom. The van der Waals surface area contributed by atoms with Gasteiger partial charge in [-0.3, -0.25) is 10.1 Å². The lowest BCUT2D eigenvalue weighted by atomic mass is 10.2. The quantitative estimate of drug-likeness (QED) is 0.401. The van der Waals surface area contributed by atoms with Crippen LogP contribution in [0.5, 0.6) is 11.5 Å². The topological polar surface area (TPSA) is 87.6 Å². The lowest BCUT2D eigenvalue weighted by molar-refractivity contribution is -0.388. The Morgan fingerprint density at radius 3 is 1.85 bits per heavy atom. The Labute approximate surface area is 105 Å². The summed E-state index contributed by atoms with van der Waals surface area (Å²) in [5, 5.41) is 10.5. The third kappa shape index (κ3) is 4.37. The molecule has 1 rings (SSSR count). The summed E-state index contributed by atoms with van der Waals surface area (Å²) >= 11 is 0.